The summed E-state index contributed by atoms with van der Waals surface area (Å²) in [7, 11) is 0. The molecule has 1 atom stereocenters. The molecule has 0 spiro atoms. The van der Waals surface area contributed by atoms with Gasteiger partial charge in [-0.05, 0) is 53.6 Å². The minimum atomic E-state index is -4.91. The van der Waals surface area contributed by atoms with Gasteiger partial charge in [0.25, 0.3) is 6.43 Å². The Kier molecular flexibility index (Phi) is 7.21. The predicted molar refractivity (Wildman–Crippen MR) is 95.4 cm³/mol. The maximum Gasteiger partial charge on any atom is 0.573 e. The van der Waals surface area contributed by atoms with E-state index < -0.39 is 24.2 Å². The fourth-order valence-electron chi connectivity index (χ4n) is 2.86. The molecular weight excluding hydrogens is 381 g/mol. The van der Waals surface area contributed by atoms with E-state index in [0.29, 0.717) is 11.5 Å². The molecule has 0 bridgehead atoms. The minimum absolute atomic E-state index is 0.0557. The van der Waals surface area contributed by atoms with Crippen molar-refractivity contribution in [3.05, 3.63) is 42.2 Å². The van der Waals surface area contributed by atoms with Gasteiger partial charge in [-0.15, -0.1) is 13.2 Å². The van der Waals surface area contributed by atoms with E-state index in [2.05, 4.69) is 9.72 Å². The van der Waals surface area contributed by atoms with Crippen molar-refractivity contribution < 1.29 is 31.4 Å². The van der Waals surface area contributed by atoms with Crippen molar-refractivity contribution in [3.8, 4) is 22.6 Å². The summed E-state index contributed by atoms with van der Waals surface area (Å²) in [5, 5.41) is 0. The summed E-state index contributed by atoms with van der Waals surface area (Å²) in [6, 6.07) is 6.53. The largest absolute Gasteiger partial charge is 0.573 e. The first-order chi connectivity index (χ1) is 13.0. The first kappa shape index (κ1) is 21.9. The van der Waals surface area contributed by atoms with Crippen LogP contribution in [-0.4, -0.2) is 18.0 Å². The number of pyridine rings is 1. The number of halogens is 5. The van der Waals surface area contributed by atoms with Crippen LogP contribution >= 0.6 is 0 Å². The van der Waals surface area contributed by atoms with Crippen LogP contribution in [0, 0.1) is 11.8 Å². The van der Waals surface area contributed by atoms with E-state index in [4.69, 9.17) is 4.74 Å². The highest BCUT2D eigenvalue weighted by Gasteiger charge is 2.33. The molecule has 1 aromatic heterocycles. The topological polar surface area (TPSA) is 31.4 Å². The zero-order chi connectivity index (χ0) is 20.9. The van der Waals surface area contributed by atoms with E-state index in [1.807, 2.05) is 20.8 Å². The van der Waals surface area contributed by atoms with Crippen LogP contribution in [-0.2, 0) is 0 Å². The first-order valence-electron chi connectivity index (χ1n) is 8.82. The van der Waals surface area contributed by atoms with Crippen LogP contribution in [0.1, 0.15) is 39.3 Å². The number of hydrogen-bond donors (Lipinski definition) is 0. The second-order valence-corrected chi connectivity index (χ2v) is 7.03. The molecule has 0 radical (unpaired) electrons. The molecular formula is C20H22F5NO2. The van der Waals surface area contributed by atoms with Crippen molar-refractivity contribution >= 4 is 0 Å². The van der Waals surface area contributed by atoms with Gasteiger partial charge in [-0.3, -0.25) is 4.98 Å². The minimum Gasteiger partial charge on any atom is -0.489 e. The van der Waals surface area contributed by atoms with Crippen LogP contribution in [0.4, 0.5) is 22.0 Å². The number of ether oxygens (including phenoxy) is 2. The van der Waals surface area contributed by atoms with Crippen molar-refractivity contribution in [2.24, 2.45) is 11.8 Å². The summed E-state index contributed by atoms with van der Waals surface area (Å²) in [5.74, 6) is 0.00628. The Labute approximate surface area is 160 Å². The highest BCUT2D eigenvalue weighted by atomic mass is 19.4. The summed E-state index contributed by atoms with van der Waals surface area (Å²) >= 11 is 0. The fourth-order valence-corrected chi connectivity index (χ4v) is 2.86. The Bertz CT molecular complexity index is 777. The van der Waals surface area contributed by atoms with E-state index in [1.54, 1.807) is 0 Å². The Morgan fingerprint density at radius 1 is 0.964 bits per heavy atom. The van der Waals surface area contributed by atoms with Gasteiger partial charge in [0, 0.05) is 6.20 Å². The van der Waals surface area contributed by atoms with Crippen LogP contribution in [0.25, 0.3) is 11.1 Å². The van der Waals surface area contributed by atoms with Crippen LogP contribution in [0.5, 0.6) is 11.5 Å². The third-order valence-electron chi connectivity index (χ3n) is 3.90. The lowest BCUT2D eigenvalue weighted by Gasteiger charge is -2.18. The lowest BCUT2D eigenvalue weighted by Crippen LogP contribution is -2.18. The molecule has 0 amide bonds. The van der Waals surface area contributed by atoms with Crippen molar-refractivity contribution in [2.45, 2.75) is 40.0 Å². The third kappa shape index (κ3) is 6.65. The predicted octanol–water partition coefficient (Wildman–Crippen LogP) is 6.65. The second-order valence-electron chi connectivity index (χ2n) is 7.03. The zero-order valence-electron chi connectivity index (χ0n) is 15.8. The van der Waals surface area contributed by atoms with Crippen molar-refractivity contribution in [3.63, 3.8) is 0 Å². The van der Waals surface area contributed by atoms with Gasteiger partial charge in [-0.2, -0.15) is 0 Å². The second kappa shape index (κ2) is 9.21. The van der Waals surface area contributed by atoms with Gasteiger partial charge in [0.1, 0.15) is 5.69 Å². The van der Waals surface area contributed by atoms with Crippen molar-refractivity contribution in [1.82, 2.24) is 4.98 Å². The highest BCUT2D eigenvalue weighted by Crippen LogP contribution is 2.37. The third-order valence-corrected chi connectivity index (χ3v) is 3.90. The van der Waals surface area contributed by atoms with Gasteiger partial charge in [0.05, 0.1) is 6.61 Å². The van der Waals surface area contributed by atoms with Crippen molar-refractivity contribution in [1.29, 1.82) is 0 Å². The van der Waals surface area contributed by atoms with Crippen LogP contribution in [0.15, 0.2) is 36.5 Å². The molecule has 1 aromatic carbocycles. The van der Waals surface area contributed by atoms with Crippen LogP contribution in [0.3, 0.4) is 0 Å². The van der Waals surface area contributed by atoms with Crippen molar-refractivity contribution in [2.75, 3.05) is 6.61 Å². The van der Waals surface area contributed by atoms with E-state index >= 15 is 0 Å². The molecule has 0 saturated heterocycles. The molecule has 2 aromatic rings. The van der Waals surface area contributed by atoms with Gasteiger partial charge >= 0.3 is 6.36 Å². The smallest absolute Gasteiger partial charge is 0.489 e. The monoisotopic (exact) mass is 403 g/mol. The lowest BCUT2D eigenvalue weighted by atomic mass is 10.00. The summed E-state index contributed by atoms with van der Waals surface area (Å²) in [5.41, 5.74) is 0.127. The molecule has 0 aliphatic heterocycles. The Morgan fingerprint density at radius 3 is 2.25 bits per heavy atom. The standard InChI is InChI=1S/C20H22F5NO2/c1-12(2)8-13(3)11-27-17-5-4-14(10-18(17)28-20(23,24)25)15-6-7-26-16(9-15)19(21)22/h4-7,9-10,12-13,19H,8,11H2,1-3H3. The normalized spacial score (nSPS) is 13.1. The summed E-state index contributed by atoms with van der Waals surface area (Å²) in [6.45, 7) is 6.27. The summed E-state index contributed by atoms with van der Waals surface area (Å²) < 4.78 is 73.7. The average molecular weight is 403 g/mol. The molecule has 0 aliphatic rings. The fraction of sp³-hybridized carbons (Fsp3) is 0.450. The molecule has 0 aliphatic carbocycles. The molecule has 3 nitrogen and oxygen atoms in total. The van der Waals surface area contributed by atoms with E-state index in [0.717, 1.165) is 18.6 Å². The Morgan fingerprint density at radius 2 is 1.64 bits per heavy atom. The molecule has 28 heavy (non-hydrogen) atoms. The Balaban J connectivity index is 2.30. The van der Waals surface area contributed by atoms with E-state index in [1.165, 1.54) is 24.4 Å². The Hall–Kier alpha value is -2.38. The lowest BCUT2D eigenvalue weighted by molar-refractivity contribution is -0.275. The molecule has 0 fully saturated rings. The number of alkyl halides is 5. The molecule has 154 valence electrons. The number of benzene rings is 1. The molecule has 8 heteroatoms. The van der Waals surface area contributed by atoms with Gasteiger partial charge in [0.15, 0.2) is 11.5 Å². The number of hydrogen-bond acceptors (Lipinski definition) is 3. The van der Waals surface area contributed by atoms with Crippen LogP contribution < -0.4 is 9.47 Å². The molecule has 1 heterocycles. The van der Waals surface area contributed by atoms with Gasteiger partial charge < -0.3 is 9.47 Å². The average Bonchev–Trinajstić information content (AvgIpc) is 2.58. The quantitative estimate of drug-likeness (QED) is 0.463. The van der Waals surface area contributed by atoms with Crippen LogP contribution in [0.2, 0.25) is 0 Å². The number of rotatable bonds is 8. The summed E-state index contributed by atoms with van der Waals surface area (Å²) in [6.07, 6.45) is -5.65. The van der Waals surface area contributed by atoms with Gasteiger partial charge in [-0.1, -0.05) is 26.8 Å². The number of aromatic nitrogens is 1. The number of nitrogens with zero attached hydrogens (tertiary/aromatic N) is 1. The first-order valence-corrected chi connectivity index (χ1v) is 8.82. The molecule has 0 N–H and O–H groups in total. The molecule has 1 unspecified atom stereocenters. The highest BCUT2D eigenvalue weighted by molar-refractivity contribution is 5.67. The SMILES string of the molecule is CC(C)CC(C)COc1ccc(-c2ccnc(C(F)F)c2)cc1OC(F)(F)F. The summed E-state index contributed by atoms with van der Waals surface area (Å²) in [4.78, 5) is 3.55. The maximum atomic E-state index is 12.8. The zero-order valence-corrected chi connectivity index (χ0v) is 15.8. The van der Waals surface area contributed by atoms with E-state index in [9.17, 15) is 22.0 Å². The van der Waals surface area contributed by atoms with Gasteiger partial charge in [-0.25, -0.2) is 8.78 Å². The maximum absolute atomic E-state index is 12.8. The molecule has 2 rings (SSSR count). The van der Waals surface area contributed by atoms with Gasteiger partial charge in [0.2, 0.25) is 0 Å². The van der Waals surface area contributed by atoms with E-state index in [-0.39, 0.29) is 23.8 Å². The molecule has 0 saturated carbocycles.